The number of hydrogen-bond donors (Lipinski definition) is 1. The maximum absolute atomic E-state index is 9.91. The molecule has 0 bridgehead atoms. The zero-order valence-corrected chi connectivity index (χ0v) is 11.5. The molecule has 1 aliphatic rings. The fourth-order valence-corrected chi connectivity index (χ4v) is 2.81. The van der Waals surface area contributed by atoms with Crippen LogP contribution >= 0.6 is 0 Å². The van der Waals surface area contributed by atoms with Gasteiger partial charge in [0.1, 0.15) is 0 Å². The Morgan fingerprint density at radius 3 is 2.22 bits per heavy atom. The van der Waals surface area contributed by atoms with Gasteiger partial charge < -0.3 is 9.84 Å². The highest BCUT2D eigenvalue weighted by atomic mass is 16.5. The molecule has 0 aromatic carbocycles. The molecule has 0 saturated heterocycles. The second-order valence-electron chi connectivity index (χ2n) is 5.55. The van der Waals surface area contributed by atoms with E-state index in [1.54, 1.807) is 0 Å². The Balaban J connectivity index is 1.79. The standard InChI is InChI=1S/C15H28O3/c16-13-18-12-6-4-2-1-3-5-7-14-8-10-15(17)11-9-14/h13-15,17H,1-12H2. The van der Waals surface area contributed by atoms with Crippen molar-refractivity contribution >= 4 is 6.47 Å². The first-order valence-electron chi connectivity index (χ1n) is 7.56. The van der Waals surface area contributed by atoms with Crippen LogP contribution in [-0.2, 0) is 9.53 Å². The van der Waals surface area contributed by atoms with Gasteiger partial charge in [-0.2, -0.15) is 0 Å². The van der Waals surface area contributed by atoms with Crippen LogP contribution in [0.2, 0.25) is 0 Å². The van der Waals surface area contributed by atoms with Crippen molar-refractivity contribution in [1.82, 2.24) is 0 Å². The second-order valence-corrected chi connectivity index (χ2v) is 5.55. The average Bonchev–Trinajstić information content (AvgIpc) is 2.39. The van der Waals surface area contributed by atoms with E-state index >= 15 is 0 Å². The number of aliphatic hydroxyl groups is 1. The zero-order valence-electron chi connectivity index (χ0n) is 11.5. The molecule has 0 spiro atoms. The van der Waals surface area contributed by atoms with Crippen molar-refractivity contribution in [2.24, 2.45) is 5.92 Å². The molecule has 1 aliphatic carbocycles. The number of unbranched alkanes of at least 4 members (excludes halogenated alkanes) is 5. The van der Waals surface area contributed by atoms with Gasteiger partial charge in [-0.3, -0.25) is 4.79 Å². The Bertz CT molecular complexity index is 198. The van der Waals surface area contributed by atoms with E-state index < -0.39 is 0 Å². The van der Waals surface area contributed by atoms with Gasteiger partial charge in [0.2, 0.25) is 0 Å². The molecule has 0 atom stereocenters. The van der Waals surface area contributed by atoms with Crippen LogP contribution in [0.15, 0.2) is 0 Å². The van der Waals surface area contributed by atoms with Crippen molar-refractivity contribution < 1.29 is 14.6 Å². The Labute approximate surface area is 111 Å². The summed E-state index contributed by atoms with van der Waals surface area (Å²) in [6.07, 6.45) is 13.2. The van der Waals surface area contributed by atoms with Crippen LogP contribution in [0.5, 0.6) is 0 Å². The van der Waals surface area contributed by atoms with Crippen LogP contribution in [-0.4, -0.2) is 24.3 Å². The van der Waals surface area contributed by atoms with Gasteiger partial charge in [0.25, 0.3) is 6.47 Å². The smallest absolute Gasteiger partial charge is 0.293 e. The lowest BCUT2D eigenvalue weighted by molar-refractivity contribution is -0.128. The SMILES string of the molecule is O=COCCCCCCCCC1CCC(O)CC1. The van der Waals surface area contributed by atoms with Crippen molar-refractivity contribution in [1.29, 1.82) is 0 Å². The highest BCUT2D eigenvalue weighted by molar-refractivity contribution is 5.36. The van der Waals surface area contributed by atoms with Crippen LogP contribution < -0.4 is 0 Å². The molecule has 0 unspecified atom stereocenters. The molecule has 0 aromatic heterocycles. The van der Waals surface area contributed by atoms with Crippen LogP contribution in [0.3, 0.4) is 0 Å². The minimum atomic E-state index is -0.0187. The molecule has 18 heavy (non-hydrogen) atoms. The lowest BCUT2D eigenvalue weighted by Gasteiger charge is -2.25. The highest BCUT2D eigenvalue weighted by Gasteiger charge is 2.18. The van der Waals surface area contributed by atoms with E-state index in [9.17, 15) is 9.90 Å². The predicted octanol–water partition coefficient (Wildman–Crippen LogP) is 3.44. The molecule has 1 saturated carbocycles. The quantitative estimate of drug-likeness (QED) is 0.481. The largest absolute Gasteiger partial charge is 0.468 e. The van der Waals surface area contributed by atoms with Gasteiger partial charge in [-0.15, -0.1) is 0 Å². The molecule has 0 heterocycles. The third-order valence-electron chi connectivity index (χ3n) is 4.01. The predicted molar refractivity (Wildman–Crippen MR) is 72.3 cm³/mol. The van der Waals surface area contributed by atoms with E-state index in [2.05, 4.69) is 4.74 Å². The molecular weight excluding hydrogens is 228 g/mol. The molecule has 0 amide bonds. The molecular formula is C15H28O3. The fourth-order valence-electron chi connectivity index (χ4n) is 2.81. The van der Waals surface area contributed by atoms with Crippen molar-refractivity contribution in [3.63, 3.8) is 0 Å². The van der Waals surface area contributed by atoms with Gasteiger partial charge in [-0.05, 0) is 38.0 Å². The van der Waals surface area contributed by atoms with E-state index in [1.165, 1.54) is 51.4 Å². The highest BCUT2D eigenvalue weighted by Crippen LogP contribution is 2.28. The second kappa shape index (κ2) is 10.4. The van der Waals surface area contributed by atoms with E-state index in [1.807, 2.05) is 0 Å². The number of ether oxygens (including phenoxy) is 1. The lowest BCUT2D eigenvalue weighted by Crippen LogP contribution is -2.17. The first-order chi connectivity index (χ1) is 8.83. The minimum Gasteiger partial charge on any atom is -0.468 e. The summed E-state index contributed by atoms with van der Waals surface area (Å²) < 4.78 is 4.65. The average molecular weight is 256 g/mol. The molecule has 3 heteroatoms. The number of carbonyl (C=O) groups is 1. The van der Waals surface area contributed by atoms with Crippen LogP contribution in [0.25, 0.3) is 0 Å². The minimum absolute atomic E-state index is 0.0187. The van der Waals surface area contributed by atoms with Gasteiger partial charge in [0, 0.05) is 0 Å². The Morgan fingerprint density at radius 1 is 0.944 bits per heavy atom. The lowest BCUT2D eigenvalue weighted by atomic mass is 9.84. The number of carbonyl (C=O) groups excluding carboxylic acids is 1. The van der Waals surface area contributed by atoms with Gasteiger partial charge in [-0.25, -0.2) is 0 Å². The van der Waals surface area contributed by atoms with Crippen LogP contribution in [0.1, 0.15) is 70.6 Å². The molecule has 1 fully saturated rings. The summed E-state index contributed by atoms with van der Waals surface area (Å²) in [7, 11) is 0. The third kappa shape index (κ3) is 7.70. The van der Waals surface area contributed by atoms with E-state index in [4.69, 9.17) is 0 Å². The topological polar surface area (TPSA) is 46.5 Å². The maximum atomic E-state index is 9.91. The van der Waals surface area contributed by atoms with Gasteiger partial charge >= 0.3 is 0 Å². The zero-order chi connectivity index (χ0) is 13.1. The summed E-state index contributed by atoms with van der Waals surface area (Å²) in [5.74, 6) is 0.870. The molecule has 3 nitrogen and oxygen atoms in total. The molecule has 0 aliphatic heterocycles. The molecule has 0 radical (unpaired) electrons. The Hall–Kier alpha value is -0.570. The summed E-state index contributed by atoms with van der Waals surface area (Å²) in [5.41, 5.74) is 0. The molecule has 0 aromatic rings. The number of aliphatic hydroxyl groups excluding tert-OH is 1. The summed E-state index contributed by atoms with van der Waals surface area (Å²) in [5, 5.41) is 9.43. The van der Waals surface area contributed by atoms with Crippen molar-refractivity contribution in [3.8, 4) is 0 Å². The summed E-state index contributed by atoms with van der Waals surface area (Å²) >= 11 is 0. The normalized spacial score (nSPS) is 23.8. The Morgan fingerprint density at radius 2 is 1.56 bits per heavy atom. The van der Waals surface area contributed by atoms with E-state index in [-0.39, 0.29) is 6.10 Å². The number of rotatable bonds is 10. The Kier molecular flexibility index (Phi) is 8.92. The fraction of sp³-hybridized carbons (Fsp3) is 0.933. The molecule has 106 valence electrons. The van der Waals surface area contributed by atoms with Crippen LogP contribution in [0.4, 0.5) is 0 Å². The summed E-state index contributed by atoms with van der Waals surface area (Å²) in [6.45, 7) is 1.11. The van der Waals surface area contributed by atoms with Gasteiger partial charge in [0.15, 0.2) is 0 Å². The summed E-state index contributed by atoms with van der Waals surface area (Å²) in [4.78, 5) is 9.91. The van der Waals surface area contributed by atoms with Gasteiger partial charge in [-0.1, -0.05) is 38.5 Å². The number of hydrogen-bond acceptors (Lipinski definition) is 3. The first kappa shape index (κ1) is 15.5. The monoisotopic (exact) mass is 256 g/mol. The van der Waals surface area contributed by atoms with Crippen molar-refractivity contribution in [3.05, 3.63) is 0 Å². The van der Waals surface area contributed by atoms with Crippen molar-refractivity contribution in [2.45, 2.75) is 76.7 Å². The molecule has 1 rings (SSSR count). The maximum Gasteiger partial charge on any atom is 0.293 e. The molecule has 1 N–H and O–H groups in total. The van der Waals surface area contributed by atoms with Gasteiger partial charge in [0.05, 0.1) is 12.7 Å². The summed E-state index contributed by atoms with van der Waals surface area (Å²) in [6, 6.07) is 0. The van der Waals surface area contributed by atoms with E-state index in [0.29, 0.717) is 13.1 Å². The third-order valence-corrected chi connectivity index (χ3v) is 4.01. The van der Waals surface area contributed by atoms with E-state index in [0.717, 1.165) is 25.2 Å². The van der Waals surface area contributed by atoms with Crippen LogP contribution in [0, 0.1) is 5.92 Å². The first-order valence-corrected chi connectivity index (χ1v) is 7.56. The van der Waals surface area contributed by atoms with Crippen molar-refractivity contribution in [2.75, 3.05) is 6.61 Å².